The first-order valence-corrected chi connectivity index (χ1v) is 9.05. The zero-order valence-electron chi connectivity index (χ0n) is 13.4. The summed E-state index contributed by atoms with van der Waals surface area (Å²) in [5.41, 5.74) is 2.05. The normalized spacial score (nSPS) is 11.0. The molecule has 0 radical (unpaired) electrons. The zero-order valence-corrected chi connectivity index (χ0v) is 15.8. The highest BCUT2D eigenvalue weighted by Gasteiger charge is 2.25. The van der Waals surface area contributed by atoms with Crippen molar-refractivity contribution in [1.82, 2.24) is 14.8 Å². The second-order valence-corrected chi connectivity index (χ2v) is 7.28. The number of rotatable bonds is 4. The van der Waals surface area contributed by atoms with Gasteiger partial charge in [-0.25, -0.2) is 0 Å². The molecule has 24 heavy (non-hydrogen) atoms. The maximum Gasteiger partial charge on any atom is 0.197 e. The van der Waals surface area contributed by atoms with Crippen LogP contribution < -0.4 is 0 Å². The summed E-state index contributed by atoms with van der Waals surface area (Å²) in [6.07, 6.45) is 0. The van der Waals surface area contributed by atoms with Gasteiger partial charge in [0.05, 0.1) is 16.5 Å². The SMILES string of the molecule is Cc1sc(-n2c(C)nnc2CCl)c(C(=O)c2ccccc2Cl)c1C. The van der Waals surface area contributed by atoms with Crippen LogP contribution in [0.3, 0.4) is 0 Å². The fourth-order valence-electron chi connectivity index (χ4n) is 2.57. The lowest BCUT2D eigenvalue weighted by Gasteiger charge is -2.10. The van der Waals surface area contributed by atoms with Crippen LogP contribution in [0.1, 0.15) is 38.0 Å². The number of hydrogen-bond donors (Lipinski definition) is 0. The van der Waals surface area contributed by atoms with Gasteiger partial charge in [0.1, 0.15) is 10.8 Å². The number of nitrogens with zero attached hydrogens (tertiary/aromatic N) is 3. The van der Waals surface area contributed by atoms with Crippen LogP contribution >= 0.6 is 34.5 Å². The van der Waals surface area contributed by atoms with Crippen molar-refractivity contribution in [3.8, 4) is 5.00 Å². The third-order valence-electron chi connectivity index (χ3n) is 3.93. The third-order valence-corrected chi connectivity index (χ3v) is 5.69. The Labute approximate surface area is 154 Å². The number of halogens is 2. The Morgan fingerprint density at radius 2 is 1.92 bits per heavy atom. The van der Waals surface area contributed by atoms with Crippen LogP contribution in [0, 0.1) is 20.8 Å². The molecule has 0 spiro atoms. The summed E-state index contributed by atoms with van der Waals surface area (Å²) in [5, 5.41) is 9.41. The van der Waals surface area contributed by atoms with Crippen LogP contribution in [0.5, 0.6) is 0 Å². The molecule has 0 saturated carbocycles. The molecule has 2 aromatic heterocycles. The second kappa shape index (κ2) is 6.67. The first kappa shape index (κ1) is 17.1. The van der Waals surface area contributed by atoms with Crippen LogP contribution in [0.4, 0.5) is 0 Å². The van der Waals surface area contributed by atoms with Crippen molar-refractivity contribution in [3.05, 3.63) is 62.5 Å². The monoisotopic (exact) mass is 379 g/mol. The lowest BCUT2D eigenvalue weighted by molar-refractivity contribution is 0.103. The molecule has 2 heterocycles. The minimum absolute atomic E-state index is 0.105. The molecule has 0 amide bonds. The van der Waals surface area contributed by atoms with Gasteiger partial charge in [0.25, 0.3) is 0 Å². The molecular weight excluding hydrogens is 365 g/mol. The van der Waals surface area contributed by atoms with Gasteiger partial charge in [0.15, 0.2) is 11.6 Å². The molecule has 0 saturated heterocycles. The molecule has 0 aliphatic rings. The summed E-state index contributed by atoms with van der Waals surface area (Å²) in [7, 11) is 0. The summed E-state index contributed by atoms with van der Waals surface area (Å²) in [4.78, 5) is 14.2. The molecule has 124 valence electrons. The van der Waals surface area contributed by atoms with Gasteiger partial charge in [-0.05, 0) is 38.5 Å². The van der Waals surface area contributed by atoms with Crippen molar-refractivity contribution >= 4 is 40.3 Å². The zero-order chi connectivity index (χ0) is 17.4. The third kappa shape index (κ3) is 2.77. The topological polar surface area (TPSA) is 47.8 Å². The first-order valence-electron chi connectivity index (χ1n) is 7.32. The number of aromatic nitrogens is 3. The van der Waals surface area contributed by atoms with E-state index in [2.05, 4.69) is 10.2 Å². The van der Waals surface area contributed by atoms with E-state index in [0.717, 1.165) is 15.4 Å². The fourth-order valence-corrected chi connectivity index (χ4v) is 4.19. The lowest BCUT2D eigenvalue weighted by atomic mass is 10.0. The Morgan fingerprint density at radius 3 is 2.58 bits per heavy atom. The summed E-state index contributed by atoms with van der Waals surface area (Å²) < 4.78 is 1.85. The minimum Gasteiger partial charge on any atom is -0.288 e. The molecule has 0 unspecified atom stereocenters. The van der Waals surface area contributed by atoms with Crippen LogP contribution in [0.15, 0.2) is 24.3 Å². The highest BCUT2D eigenvalue weighted by molar-refractivity contribution is 7.15. The maximum absolute atomic E-state index is 13.2. The molecule has 0 N–H and O–H groups in total. The molecule has 3 aromatic rings. The van der Waals surface area contributed by atoms with Gasteiger partial charge in [-0.15, -0.1) is 33.1 Å². The summed E-state index contributed by atoms with van der Waals surface area (Å²) in [6, 6.07) is 7.07. The Hall–Kier alpha value is -1.69. The van der Waals surface area contributed by atoms with E-state index < -0.39 is 0 Å². The molecule has 0 aliphatic heterocycles. The number of carbonyl (C=O) groups is 1. The largest absolute Gasteiger partial charge is 0.288 e. The molecule has 4 nitrogen and oxygen atoms in total. The lowest BCUT2D eigenvalue weighted by Crippen LogP contribution is -2.09. The van der Waals surface area contributed by atoms with E-state index in [1.807, 2.05) is 31.4 Å². The Kier molecular flexibility index (Phi) is 4.76. The summed E-state index contributed by atoms with van der Waals surface area (Å²) in [5.74, 6) is 1.42. The number of thiophene rings is 1. The Morgan fingerprint density at radius 1 is 1.21 bits per heavy atom. The van der Waals surface area contributed by atoms with Crippen molar-refractivity contribution in [2.45, 2.75) is 26.7 Å². The molecule has 0 aliphatic carbocycles. The number of alkyl halides is 1. The number of ketones is 1. The standard InChI is InChI=1S/C17H15Cl2N3OS/c1-9-10(2)24-17(22-11(3)20-21-14(22)8-18)15(9)16(23)12-6-4-5-7-13(12)19/h4-7H,8H2,1-3H3. The quantitative estimate of drug-likeness (QED) is 0.479. The van der Waals surface area contributed by atoms with Gasteiger partial charge in [0, 0.05) is 10.4 Å². The van der Waals surface area contributed by atoms with Crippen LogP contribution in [-0.4, -0.2) is 20.5 Å². The molecular formula is C17H15Cl2N3OS. The first-order chi connectivity index (χ1) is 11.5. The van der Waals surface area contributed by atoms with Gasteiger partial charge in [-0.2, -0.15) is 0 Å². The average Bonchev–Trinajstić information content (AvgIpc) is 3.07. The van der Waals surface area contributed by atoms with Crippen LogP contribution in [0.2, 0.25) is 5.02 Å². The van der Waals surface area contributed by atoms with Crippen molar-refractivity contribution in [2.24, 2.45) is 0 Å². The van der Waals surface area contributed by atoms with E-state index in [0.29, 0.717) is 27.8 Å². The summed E-state index contributed by atoms with van der Waals surface area (Å²) in [6.45, 7) is 5.78. The van der Waals surface area contributed by atoms with Crippen LogP contribution in [-0.2, 0) is 5.88 Å². The smallest absolute Gasteiger partial charge is 0.197 e. The number of aryl methyl sites for hydroxylation is 2. The maximum atomic E-state index is 13.2. The van der Waals surface area contributed by atoms with Crippen molar-refractivity contribution < 1.29 is 4.79 Å². The highest BCUT2D eigenvalue weighted by Crippen LogP contribution is 2.35. The number of benzene rings is 1. The second-order valence-electron chi connectivity index (χ2n) is 5.40. The average molecular weight is 380 g/mol. The summed E-state index contributed by atoms with van der Waals surface area (Å²) >= 11 is 13.7. The van der Waals surface area contributed by atoms with Gasteiger partial charge in [0.2, 0.25) is 0 Å². The van der Waals surface area contributed by atoms with E-state index >= 15 is 0 Å². The van der Waals surface area contributed by atoms with Crippen molar-refractivity contribution in [2.75, 3.05) is 0 Å². The number of hydrogen-bond acceptors (Lipinski definition) is 4. The van der Waals surface area contributed by atoms with E-state index in [1.54, 1.807) is 18.2 Å². The Balaban J connectivity index is 2.25. The van der Waals surface area contributed by atoms with E-state index in [4.69, 9.17) is 23.2 Å². The van der Waals surface area contributed by atoms with Gasteiger partial charge < -0.3 is 0 Å². The van der Waals surface area contributed by atoms with Crippen molar-refractivity contribution in [3.63, 3.8) is 0 Å². The Bertz CT molecular complexity index is 930. The molecule has 0 atom stereocenters. The fraction of sp³-hybridized carbons (Fsp3) is 0.235. The molecule has 3 rings (SSSR count). The number of carbonyl (C=O) groups excluding carboxylic acids is 1. The predicted octanol–water partition coefficient (Wildman–Crippen LogP) is 4.88. The highest BCUT2D eigenvalue weighted by atomic mass is 35.5. The molecule has 7 heteroatoms. The molecule has 0 bridgehead atoms. The van der Waals surface area contributed by atoms with Crippen LogP contribution in [0.25, 0.3) is 5.00 Å². The van der Waals surface area contributed by atoms with Crippen molar-refractivity contribution in [1.29, 1.82) is 0 Å². The van der Waals surface area contributed by atoms with Gasteiger partial charge >= 0.3 is 0 Å². The molecule has 0 fully saturated rings. The minimum atomic E-state index is -0.105. The van der Waals surface area contributed by atoms with Gasteiger partial charge in [-0.3, -0.25) is 9.36 Å². The van der Waals surface area contributed by atoms with Gasteiger partial charge in [-0.1, -0.05) is 23.7 Å². The predicted molar refractivity (Wildman–Crippen MR) is 97.9 cm³/mol. The van der Waals surface area contributed by atoms with E-state index in [-0.39, 0.29) is 11.7 Å². The van der Waals surface area contributed by atoms with E-state index in [1.165, 1.54) is 11.3 Å². The molecule has 1 aromatic carbocycles. The van der Waals surface area contributed by atoms with E-state index in [9.17, 15) is 4.79 Å².